The van der Waals surface area contributed by atoms with E-state index in [4.69, 9.17) is 9.47 Å². The first-order valence-electron chi connectivity index (χ1n) is 6.49. The van der Waals surface area contributed by atoms with Gasteiger partial charge < -0.3 is 9.47 Å². The summed E-state index contributed by atoms with van der Waals surface area (Å²) >= 11 is 0. The fraction of sp³-hybridized carbons (Fsp3) is 0.357. The number of carbonyl (C=O) groups is 3. The molecule has 0 unspecified atom stereocenters. The summed E-state index contributed by atoms with van der Waals surface area (Å²) in [6, 6.07) is 9.54. The number of nitrogens with zero attached hydrogens (tertiary/aromatic N) is 1. The van der Waals surface area contributed by atoms with E-state index in [0.29, 0.717) is 11.7 Å². The molecule has 0 radical (unpaired) electrons. The quantitative estimate of drug-likeness (QED) is 0.448. The normalized spacial score (nSPS) is 14.4. The predicted molar refractivity (Wildman–Crippen MR) is 69.6 cm³/mol. The second-order valence-corrected chi connectivity index (χ2v) is 4.31. The highest BCUT2D eigenvalue weighted by Crippen LogP contribution is 2.12. The van der Waals surface area contributed by atoms with Crippen LogP contribution in [0.15, 0.2) is 30.3 Å². The molecule has 1 aromatic carbocycles. The van der Waals surface area contributed by atoms with Gasteiger partial charge in [-0.05, 0) is 5.56 Å². The number of benzene rings is 1. The molecule has 112 valence electrons. The van der Waals surface area contributed by atoms with Crippen molar-refractivity contribution in [2.24, 2.45) is 0 Å². The fourth-order valence-corrected chi connectivity index (χ4v) is 1.71. The van der Waals surface area contributed by atoms with E-state index in [2.05, 4.69) is 4.84 Å². The molecule has 1 heterocycles. The van der Waals surface area contributed by atoms with Crippen LogP contribution in [0.4, 0.5) is 4.79 Å². The van der Waals surface area contributed by atoms with Crippen LogP contribution in [0.3, 0.4) is 0 Å². The van der Waals surface area contributed by atoms with E-state index >= 15 is 0 Å². The Morgan fingerprint density at radius 1 is 1.05 bits per heavy atom. The van der Waals surface area contributed by atoms with Crippen LogP contribution in [0, 0.1) is 0 Å². The van der Waals surface area contributed by atoms with Crippen LogP contribution in [0.2, 0.25) is 0 Å². The molecule has 2 amide bonds. The van der Waals surface area contributed by atoms with Gasteiger partial charge in [-0.3, -0.25) is 14.4 Å². The second-order valence-electron chi connectivity index (χ2n) is 4.31. The Kier molecular flexibility index (Phi) is 5.28. The van der Waals surface area contributed by atoms with Crippen LogP contribution in [-0.4, -0.2) is 36.2 Å². The third-order valence-electron chi connectivity index (χ3n) is 2.73. The molecule has 0 spiro atoms. The summed E-state index contributed by atoms with van der Waals surface area (Å²) in [4.78, 5) is 38.2. The monoisotopic (exact) mass is 293 g/mol. The van der Waals surface area contributed by atoms with Gasteiger partial charge in [-0.1, -0.05) is 35.4 Å². The number of rotatable bonds is 6. The maximum atomic E-state index is 11.3. The Morgan fingerprint density at radius 3 is 2.38 bits per heavy atom. The number of hydroxylamine groups is 2. The number of hydrogen-bond acceptors (Lipinski definition) is 6. The number of imide groups is 1. The van der Waals surface area contributed by atoms with Gasteiger partial charge in [0.25, 0.3) is 11.8 Å². The molecule has 21 heavy (non-hydrogen) atoms. The van der Waals surface area contributed by atoms with Crippen molar-refractivity contribution in [1.82, 2.24) is 5.06 Å². The van der Waals surface area contributed by atoms with Gasteiger partial charge in [-0.15, -0.1) is 0 Å². The van der Waals surface area contributed by atoms with E-state index in [-0.39, 0.29) is 26.1 Å². The molecule has 0 bridgehead atoms. The highest BCUT2D eigenvalue weighted by Gasteiger charge is 2.33. The number of ether oxygens (including phenoxy) is 2. The molecule has 0 atom stereocenters. The van der Waals surface area contributed by atoms with Crippen molar-refractivity contribution in [2.75, 3.05) is 13.2 Å². The van der Waals surface area contributed by atoms with Crippen molar-refractivity contribution in [3.05, 3.63) is 35.9 Å². The number of amides is 2. The molecule has 7 heteroatoms. The van der Waals surface area contributed by atoms with Crippen molar-refractivity contribution in [3.63, 3.8) is 0 Å². The first kappa shape index (κ1) is 15.0. The van der Waals surface area contributed by atoms with Gasteiger partial charge in [-0.25, -0.2) is 4.79 Å². The topological polar surface area (TPSA) is 82.1 Å². The highest BCUT2D eigenvalue weighted by atomic mass is 16.8. The van der Waals surface area contributed by atoms with Crippen molar-refractivity contribution < 1.29 is 28.7 Å². The van der Waals surface area contributed by atoms with Crippen LogP contribution < -0.4 is 0 Å². The third-order valence-corrected chi connectivity index (χ3v) is 2.73. The lowest BCUT2D eigenvalue weighted by Crippen LogP contribution is -2.32. The van der Waals surface area contributed by atoms with E-state index < -0.39 is 18.0 Å². The largest absolute Gasteiger partial charge is 0.534 e. The van der Waals surface area contributed by atoms with Crippen molar-refractivity contribution in [3.8, 4) is 0 Å². The average Bonchev–Trinajstić information content (AvgIpc) is 2.80. The van der Waals surface area contributed by atoms with E-state index in [9.17, 15) is 14.4 Å². The molecule has 0 N–H and O–H groups in total. The molecule has 1 aliphatic rings. The fourth-order valence-electron chi connectivity index (χ4n) is 1.71. The number of carbonyl (C=O) groups excluding carboxylic acids is 3. The van der Waals surface area contributed by atoms with Gasteiger partial charge >= 0.3 is 6.16 Å². The van der Waals surface area contributed by atoms with Crippen LogP contribution in [0.1, 0.15) is 18.4 Å². The zero-order valence-corrected chi connectivity index (χ0v) is 11.3. The zero-order chi connectivity index (χ0) is 15.1. The smallest absolute Gasteiger partial charge is 0.430 e. The molecule has 1 saturated heterocycles. The van der Waals surface area contributed by atoms with Crippen LogP contribution in [0.25, 0.3) is 0 Å². The van der Waals surface area contributed by atoms with Gasteiger partial charge in [0, 0.05) is 12.8 Å². The molecule has 0 aliphatic carbocycles. The Bertz CT molecular complexity index is 499. The molecule has 1 fully saturated rings. The van der Waals surface area contributed by atoms with Crippen LogP contribution in [-0.2, 0) is 30.5 Å². The van der Waals surface area contributed by atoms with Gasteiger partial charge in [0.2, 0.25) is 0 Å². The lowest BCUT2D eigenvalue weighted by Gasteiger charge is -2.12. The Balaban J connectivity index is 1.59. The number of hydrogen-bond donors (Lipinski definition) is 0. The minimum absolute atomic E-state index is 0.0259. The molecule has 1 aromatic rings. The highest BCUT2D eigenvalue weighted by molar-refractivity contribution is 6.01. The van der Waals surface area contributed by atoms with Crippen molar-refractivity contribution in [1.29, 1.82) is 0 Å². The lowest BCUT2D eigenvalue weighted by molar-refractivity contribution is -0.177. The van der Waals surface area contributed by atoms with Crippen molar-refractivity contribution >= 4 is 18.0 Å². The SMILES string of the molecule is O=C(OCCOCc1ccccc1)ON1C(=O)CCC1=O. The molecule has 1 aliphatic heterocycles. The maximum absolute atomic E-state index is 11.3. The summed E-state index contributed by atoms with van der Waals surface area (Å²) in [7, 11) is 0. The minimum Gasteiger partial charge on any atom is -0.430 e. The lowest BCUT2D eigenvalue weighted by atomic mass is 10.2. The van der Waals surface area contributed by atoms with Crippen molar-refractivity contribution in [2.45, 2.75) is 19.4 Å². The third kappa shape index (κ3) is 4.57. The minimum atomic E-state index is -1.10. The molecule has 2 rings (SSSR count). The van der Waals surface area contributed by atoms with Gasteiger partial charge in [-0.2, -0.15) is 0 Å². The molecular weight excluding hydrogens is 278 g/mol. The average molecular weight is 293 g/mol. The zero-order valence-electron chi connectivity index (χ0n) is 11.3. The van der Waals surface area contributed by atoms with Gasteiger partial charge in [0.05, 0.1) is 13.2 Å². The first-order chi connectivity index (χ1) is 10.2. The van der Waals surface area contributed by atoms with E-state index in [1.807, 2.05) is 30.3 Å². The molecular formula is C14H15NO6. The van der Waals surface area contributed by atoms with E-state index in [1.165, 1.54) is 0 Å². The summed E-state index contributed by atoms with van der Waals surface area (Å²) in [5, 5.41) is 0.438. The van der Waals surface area contributed by atoms with Gasteiger partial charge in [0.1, 0.15) is 6.61 Å². The molecule has 7 nitrogen and oxygen atoms in total. The second kappa shape index (κ2) is 7.39. The molecule has 0 saturated carbocycles. The van der Waals surface area contributed by atoms with Gasteiger partial charge in [0.15, 0.2) is 0 Å². The van der Waals surface area contributed by atoms with E-state index in [0.717, 1.165) is 5.56 Å². The predicted octanol–water partition coefficient (Wildman–Crippen LogP) is 1.42. The summed E-state index contributed by atoms with van der Waals surface area (Å²) in [6.45, 7) is 0.566. The summed E-state index contributed by atoms with van der Waals surface area (Å²) < 4.78 is 10.0. The van der Waals surface area contributed by atoms with E-state index in [1.54, 1.807) is 0 Å². The summed E-state index contributed by atoms with van der Waals surface area (Å²) in [5.41, 5.74) is 1.01. The van der Waals surface area contributed by atoms with Crippen LogP contribution >= 0.6 is 0 Å². The Hall–Kier alpha value is -2.41. The summed E-state index contributed by atoms with van der Waals surface area (Å²) in [6.07, 6.45) is -1.000. The Labute approximate surface area is 121 Å². The standard InChI is InChI=1S/C14H15NO6/c16-12-6-7-13(17)15(12)21-14(18)20-9-8-19-10-11-4-2-1-3-5-11/h1-5H,6-10H2. The Morgan fingerprint density at radius 2 is 1.71 bits per heavy atom. The maximum Gasteiger partial charge on any atom is 0.534 e. The summed E-state index contributed by atoms with van der Waals surface area (Å²) in [5.74, 6) is -1.09. The molecule has 0 aromatic heterocycles. The first-order valence-corrected chi connectivity index (χ1v) is 6.49. The van der Waals surface area contributed by atoms with Crippen LogP contribution in [0.5, 0.6) is 0 Å².